The van der Waals surface area contributed by atoms with Crippen LogP contribution in [0, 0.1) is 5.92 Å². The van der Waals surface area contributed by atoms with E-state index in [1.165, 1.54) is 37.0 Å². The van der Waals surface area contributed by atoms with Crippen LogP contribution in [0.5, 0.6) is 0 Å². The number of nitrogens with zero attached hydrogens (tertiary/aromatic N) is 1. The van der Waals surface area contributed by atoms with Crippen LogP contribution in [0.15, 0.2) is 0 Å². The third kappa shape index (κ3) is 3.01. The van der Waals surface area contributed by atoms with Crippen molar-refractivity contribution >= 4 is 12.0 Å². The molecule has 0 spiro atoms. The number of carboxylic acids is 1. The highest BCUT2D eigenvalue weighted by Crippen LogP contribution is 2.29. The maximum absolute atomic E-state index is 12.2. The molecule has 2 amide bonds. The largest absolute Gasteiger partial charge is 0.480 e. The molecule has 108 valence electrons. The Bertz CT molecular complexity index is 353. The molecule has 5 nitrogen and oxygen atoms in total. The van der Waals surface area contributed by atoms with Crippen molar-refractivity contribution in [1.29, 1.82) is 0 Å². The van der Waals surface area contributed by atoms with Gasteiger partial charge in [-0.2, -0.15) is 0 Å². The summed E-state index contributed by atoms with van der Waals surface area (Å²) in [6.07, 6.45) is 7.45. The molecule has 1 heterocycles. The molecule has 2 N–H and O–H groups in total. The van der Waals surface area contributed by atoms with Crippen molar-refractivity contribution in [1.82, 2.24) is 10.2 Å². The van der Waals surface area contributed by atoms with Gasteiger partial charge in [0.15, 0.2) is 0 Å². The Morgan fingerprint density at radius 2 is 1.95 bits per heavy atom. The molecule has 0 aromatic rings. The minimum Gasteiger partial charge on any atom is -0.480 e. The first-order valence-electron chi connectivity index (χ1n) is 7.33. The lowest BCUT2D eigenvalue weighted by Gasteiger charge is -2.32. The second kappa shape index (κ2) is 5.80. The number of carboxylic acid groups (broad SMARTS) is 1. The summed E-state index contributed by atoms with van der Waals surface area (Å²) in [6, 6.07) is -0.215. The quantitative estimate of drug-likeness (QED) is 0.824. The molecule has 1 unspecified atom stereocenters. The van der Waals surface area contributed by atoms with E-state index >= 15 is 0 Å². The lowest BCUT2D eigenvalue weighted by molar-refractivity contribution is -0.147. The number of carbonyl (C=O) groups excluding carboxylic acids is 1. The number of urea groups is 1. The van der Waals surface area contributed by atoms with Crippen LogP contribution in [0.3, 0.4) is 0 Å². The zero-order chi connectivity index (χ0) is 13.9. The molecule has 1 aliphatic heterocycles. The molecule has 1 atom stereocenters. The van der Waals surface area contributed by atoms with E-state index in [-0.39, 0.29) is 6.03 Å². The molecule has 19 heavy (non-hydrogen) atoms. The monoisotopic (exact) mass is 268 g/mol. The average molecular weight is 268 g/mol. The fraction of sp³-hybridized carbons (Fsp3) is 0.857. The second-order valence-corrected chi connectivity index (χ2v) is 6.02. The molecular weight excluding hydrogens is 244 g/mol. The smallest absolute Gasteiger partial charge is 0.329 e. The first-order valence-corrected chi connectivity index (χ1v) is 7.33. The zero-order valence-electron chi connectivity index (χ0n) is 11.7. The van der Waals surface area contributed by atoms with E-state index in [0.29, 0.717) is 25.4 Å². The summed E-state index contributed by atoms with van der Waals surface area (Å²) >= 11 is 0. The van der Waals surface area contributed by atoms with E-state index < -0.39 is 11.5 Å². The Morgan fingerprint density at radius 1 is 1.26 bits per heavy atom. The topological polar surface area (TPSA) is 69.6 Å². The van der Waals surface area contributed by atoms with Crippen LogP contribution in [0.25, 0.3) is 0 Å². The molecule has 1 aliphatic carbocycles. The lowest BCUT2D eigenvalue weighted by atomic mass is 9.89. The van der Waals surface area contributed by atoms with Gasteiger partial charge in [-0.05, 0) is 38.5 Å². The van der Waals surface area contributed by atoms with E-state index in [2.05, 4.69) is 5.32 Å². The van der Waals surface area contributed by atoms with Crippen LogP contribution >= 0.6 is 0 Å². The van der Waals surface area contributed by atoms with Crippen molar-refractivity contribution in [3.8, 4) is 0 Å². The number of rotatable bonds is 3. The van der Waals surface area contributed by atoms with E-state index in [9.17, 15) is 14.7 Å². The Morgan fingerprint density at radius 3 is 2.58 bits per heavy atom. The van der Waals surface area contributed by atoms with Crippen molar-refractivity contribution in [2.75, 3.05) is 13.1 Å². The van der Waals surface area contributed by atoms with Crippen LogP contribution in [0.4, 0.5) is 4.79 Å². The predicted molar refractivity (Wildman–Crippen MR) is 72.0 cm³/mol. The number of amides is 2. The standard InChI is InChI=1S/C14H24N2O3/c1-14(12(17)18)8-5-9-16(14)13(19)15-10-11-6-3-2-4-7-11/h11H,2-10H2,1H3,(H,15,19)(H,17,18). The SMILES string of the molecule is CC1(C(=O)O)CCCN1C(=O)NCC1CCCCC1. The molecule has 0 radical (unpaired) electrons. The highest BCUT2D eigenvalue weighted by atomic mass is 16.4. The van der Waals surface area contributed by atoms with Crippen molar-refractivity contribution in [3.05, 3.63) is 0 Å². The van der Waals surface area contributed by atoms with Gasteiger partial charge in [-0.1, -0.05) is 19.3 Å². The maximum Gasteiger partial charge on any atom is 0.329 e. The minimum atomic E-state index is -1.03. The van der Waals surface area contributed by atoms with Gasteiger partial charge in [-0.15, -0.1) is 0 Å². The third-order valence-corrected chi connectivity index (χ3v) is 4.61. The predicted octanol–water partition coefficient (Wildman–Crippen LogP) is 2.22. The van der Waals surface area contributed by atoms with Crippen LogP contribution in [-0.2, 0) is 4.79 Å². The summed E-state index contributed by atoms with van der Waals surface area (Å²) in [5, 5.41) is 12.2. The van der Waals surface area contributed by atoms with Gasteiger partial charge in [-0.25, -0.2) is 9.59 Å². The first-order chi connectivity index (χ1) is 9.04. The Hall–Kier alpha value is -1.26. The van der Waals surface area contributed by atoms with E-state index in [1.807, 2.05) is 0 Å². The van der Waals surface area contributed by atoms with Crippen LogP contribution in [0.1, 0.15) is 51.9 Å². The zero-order valence-corrected chi connectivity index (χ0v) is 11.7. The van der Waals surface area contributed by atoms with Gasteiger partial charge in [0.2, 0.25) is 0 Å². The minimum absolute atomic E-state index is 0.215. The Kier molecular flexibility index (Phi) is 4.32. The summed E-state index contributed by atoms with van der Waals surface area (Å²) < 4.78 is 0. The number of nitrogens with one attached hydrogen (secondary N) is 1. The van der Waals surface area contributed by atoms with Crippen molar-refractivity contribution < 1.29 is 14.7 Å². The van der Waals surface area contributed by atoms with Crippen LogP contribution in [-0.4, -0.2) is 40.6 Å². The molecule has 1 saturated heterocycles. The number of carbonyl (C=O) groups is 2. The Labute approximate surface area is 114 Å². The summed E-state index contributed by atoms with van der Waals surface area (Å²) in [7, 11) is 0. The van der Waals surface area contributed by atoms with Gasteiger partial charge in [-0.3, -0.25) is 0 Å². The maximum atomic E-state index is 12.2. The van der Waals surface area contributed by atoms with E-state index in [0.717, 1.165) is 6.42 Å². The second-order valence-electron chi connectivity index (χ2n) is 6.02. The molecule has 5 heteroatoms. The van der Waals surface area contributed by atoms with Gasteiger partial charge in [0.05, 0.1) is 0 Å². The van der Waals surface area contributed by atoms with Gasteiger partial charge in [0.1, 0.15) is 5.54 Å². The molecule has 0 aromatic carbocycles. The highest BCUT2D eigenvalue weighted by Gasteiger charge is 2.45. The number of likely N-dealkylation sites (tertiary alicyclic amines) is 1. The number of hydrogen-bond acceptors (Lipinski definition) is 2. The molecular formula is C14H24N2O3. The normalized spacial score (nSPS) is 28.4. The fourth-order valence-electron chi connectivity index (χ4n) is 3.23. The van der Waals surface area contributed by atoms with Gasteiger partial charge < -0.3 is 15.3 Å². The lowest BCUT2D eigenvalue weighted by Crippen LogP contribution is -2.54. The average Bonchev–Trinajstić information content (AvgIpc) is 2.81. The molecule has 0 aromatic heterocycles. The van der Waals surface area contributed by atoms with E-state index in [1.54, 1.807) is 6.92 Å². The van der Waals surface area contributed by atoms with Crippen molar-refractivity contribution in [2.24, 2.45) is 5.92 Å². The van der Waals surface area contributed by atoms with Gasteiger partial charge >= 0.3 is 12.0 Å². The van der Waals surface area contributed by atoms with Crippen LogP contribution < -0.4 is 5.32 Å². The summed E-state index contributed by atoms with van der Waals surface area (Å²) in [6.45, 7) is 2.87. The molecule has 2 aliphatic rings. The summed E-state index contributed by atoms with van der Waals surface area (Å²) in [4.78, 5) is 25.0. The number of hydrogen-bond donors (Lipinski definition) is 2. The molecule has 2 fully saturated rings. The third-order valence-electron chi connectivity index (χ3n) is 4.61. The first kappa shape index (κ1) is 14.2. The van der Waals surface area contributed by atoms with Crippen molar-refractivity contribution in [3.63, 3.8) is 0 Å². The summed E-state index contributed by atoms with van der Waals surface area (Å²) in [5.41, 5.74) is -1.03. The fourth-order valence-corrected chi connectivity index (χ4v) is 3.23. The van der Waals surface area contributed by atoms with Crippen LogP contribution in [0.2, 0.25) is 0 Å². The van der Waals surface area contributed by atoms with E-state index in [4.69, 9.17) is 0 Å². The van der Waals surface area contributed by atoms with Crippen molar-refractivity contribution in [2.45, 2.75) is 57.4 Å². The number of aliphatic carboxylic acids is 1. The molecule has 2 rings (SSSR count). The summed E-state index contributed by atoms with van der Waals surface area (Å²) in [5.74, 6) is -0.339. The molecule has 0 bridgehead atoms. The highest BCUT2D eigenvalue weighted by molar-refractivity contribution is 5.86. The van der Waals surface area contributed by atoms with Gasteiger partial charge in [0.25, 0.3) is 0 Å². The van der Waals surface area contributed by atoms with Gasteiger partial charge in [0, 0.05) is 13.1 Å². The Balaban J connectivity index is 1.87. The molecule has 1 saturated carbocycles.